The Kier molecular flexibility index (Phi) is 7.52. The fraction of sp³-hybridized carbons (Fsp3) is 0.400. The van der Waals surface area contributed by atoms with Crippen molar-refractivity contribution in [2.45, 2.75) is 56.7 Å². The maximum atomic E-state index is 12.6. The number of aliphatic hydroxyl groups is 1. The number of rotatable bonds is 8. The molecular formula is C30H37NO2. The molecule has 4 rings (SSSR count). The summed E-state index contributed by atoms with van der Waals surface area (Å²) in [6, 6.07) is 29.6. The Balaban J connectivity index is 1.86. The molecule has 33 heavy (non-hydrogen) atoms. The van der Waals surface area contributed by atoms with Crippen molar-refractivity contribution < 1.29 is 9.84 Å². The highest BCUT2D eigenvalue weighted by molar-refractivity contribution is 5.36. The summed E-state index contributed by atoms with van der Waals surface area (Å²) in [6.07, 6.45) is 5.09. The minimum Gasteiger partial charge on any atom is -0.497 e. The lowest BCUT2D eigenvalue weighted by Crippen LogP contribution is -2.52. The van der Waals surface area contributed by atoms with Gasteiger partial charge in [0, 0.05) is 24.4 Å². The average molecular weight is 444 g/mol. The topological polar surface area (TPSA) is 32.7 Å². The number of likely N-dealkylation sites (tertiary alicyclic amines) is 1. The monoisotopic (exact) mass is 443 g/mol. The molecule has 4 atom stereocenters. The summed E-state index contributed by atoms with van der Waals surface area (Å²) in [5.41, 5.74) is 2.51. The first-order chi connectivity index (χ1) is 16.1. The largest absolute Gasteiger partial charge is 0.497 e. The average Bonchev–Trinajstić information content (AvgIpc) is 2.87. The summed E-state index contributed by atoms with van der Waals surface area (Å²) >= 11 is 0. The molecule has 0 amide bonds. The summed E-state index contributed by atoms with van der Waals surface area (Å²) in [5, 5.41) is 12.6. The Bertz CT molecular complexity index is 1010. The lowest BCUT2D eigenvalue weighted by molar-refractivity contribution is -0.130. The molecular weight excluding hydrogens is 406 g/mol. The lowest BCUT2D eigenvalue weighted by Gasteiger charge is -2.54. The number of methoxy groups -OCH3 is 1. The maximum absolute atomic E-state index is 12.6. The molecule has 3 aromatic rings. The van der Waals surface area contributed by atoms with E-state index in [1.165, 1.54) is 24.0 Å². The number of nitrogens with zero attached hydrogens (tertiary/aromatic N) is 1. The van der Waals surface area contributed by atoms with Crippen molar-refractivity contribution in [3.63, 3.8) is 0 Å². The number of ether oxygens (including phenoxy) is 1. The summed E-state index contributed by atoms with van der Waals surface area (Å²) in [4.78, 5) is 2.50. The lowest BCUT2D eigenvalue weighted by atomic mass is 9.65. The van der Waals surface area contributed by atoms with E-state index in [1.54, 1.807) is 7.11 Å². The SMILES string of the molecule is CCCCCC1C(c2ccccc2)N(C)C(c2ccccc2)CC1(O)c1cccc(OC)c1. The third-order valence-corrected chi connectivity index (χ3v) is 7.44. The van der Waals surface area contributed by atoms with E-state index in [0.717, 1.165) is 24.2 Å². The minimum absolute atomic E-state index is 0.0727. The number of unbranched alkanes of at least 4 members (excludes halogenated alkanes) is 2. The molecule has 0 bridgehead atoms. The van der Waals surface area contributed by atoms with Crippen LogP contribution in [0.15, 0.2) is 84.9 Å². The Morgan fingerprint density at radius 1 is 0.909 bits per heavy atom. The number of piperidine rings is 1. The summed E-state index contributed by atoms with van der Waals surface area (Å²) in [7, 11) is 3.92. The molecule has 1 heterocycles. The van der Waals surface area contributed by atoms with Crippen molar-refractivity contribution >= 4 is 0 Å². The molecule has 4 unspecified atom stereocenters. The van der Waals surface area contributed by atoms with Crippen LogP contribution in [0.3, 0.4) is 0 Å². The predicted octanol–water partition coefficient (Wildman–Crippen LogP) is 6.90. The van der Waals surface area contributed by atoms with Crippen LogP contribution in [0.2, 0.25) is 0 Å². The second-order valence-corrected chi connectivity index (χ2v) is 9.41. The molecule has 3 nitrogen and oxygen atoms in total. The quantitative estimate of drug-likeness (QED) is 0.385. The van der Waals surface area contributed by atoms with Crippen LogP contribution in [0.4, 0.5) is 0 Å². The van der Waals surface area contributed by atoms with Crippen LogP contribution >= 0.6 is 0 Å². The van der Waals surface area contributed by atoms with Crippen LogP contribution in [0, 0.1) is 5.92 Å². The molecule has 1 N–H and O–H groups in total. The molecule has 0 aromatic heterocycles. The summed E-state index contributed by atoms with van der Waals surface area (Å²) < 4.78 is 5.55. The molecule has 0 aliphatic carbocycles. The first-order valence-electron chi connectivity index (χ1n) is 12.3. The molecule has 3 aromatic carbocycles. The summed E-state index contributed by atoms with van der Waals surface area (Å²) in [6.45, 7) is 2.24. The second kappa shape index (κ2) is 10.5. The minimum atomic E-state index is -0.962. The molecule has 0 saturated carbocycles. The zero-order chi connectivity index (χ0) is 23.3. The van der Waals surface area contributed by atoms with Gasteiger partial charge in [0.05, 0.1) is 12.7 Å². The van der Waals surface area contributed by atoms with Crippen LogP contribution in [0.5, 0.6) is 5.75 Å². The van der Waals surface area contributed by atoms with Gasteiger partial charge >= 0.3 is 0 Å². The van der Waals surface area contributed by atoms with E-state index < -0.39 is 5.60 Å². The van der Waals surface area contributed by atoms with Crippen LogP contribution in [0.1, 0.15) is 67.8 Å². The smallest absolute Gasteiger partial charge is 0.119 e. The van der Waals surface area contributed by atoms with Crippen LogP contribution in [0.25, 0.3) is 0 Å². The van der Waals surface area contributed by atoms with Crippen molar-refractivity contribution in [2.24, 2.45) is 5.92 Å². The Morgan fingerprint density at radius 3 is 2.21 bits per heavy atom. The van der Waals surface area contributed by atoms with Gasteiger partial charge in [-0.2, -0.15) is 0 Å². The van der Waals surface area contributed by atoms with E-state index in [-0.39, 0.29) is 18.0 Å². The van der Waals surface area contributed by atoms with Gasteiger partial charge < -0.3 is 9.84 Å². The van der Waals surface area contributed by atoms with Gasteiger partial charge in [0.2, 0.25) is 0 Å². The van der Waals surface area contributed by atoms with E-state index >= 15 is 0 Å². The van der Waals surface area contributed by atoms with Gasteiger partial charge in [0.25, 0.3) is 0 Å². The third kappa shape index (κ3) is 4.85. The molecule has 1 aliphatic heterocycles. The van der Waals surface area contributed by atoms with Crippen molar-refractivity contribution in [1.82, 2.24) is 4.90 Å². The van der Waals surface area contributed by atoms with E-state index in [0.29, 0.717) is 6.42 Å². The zero-order valence-electron chi connectivity index (χ0n) is 20.2. The predicted molar refractivity (Wildman–Crippen MR) is 135 cm³/mol. The Hall–Kier alpha value is -2.62. The first-order valence-corrected chi connectivity index (χ1v) is 12.3. The molecule has 1 saturated heterocycles. The van der Waals surface area contributed by atoms with Crippen molar-refractivity contribution in [3.05, 3.63) is 102 Å². The number of benzene rings is 3. The van der Waals surface area contributed by atoms with Crippen molar-refractivity contribution in [1.29, 1.82) is 0 Å². The molecule has 0 spiro atoms. The highest BCUT2D eigenvalue weighted by atomic mass is 16.5. The normalized spacial score (nSPS) is 25.6. The fourth-order valence-corrected chi connectivity index (χ4v) is 5.71. The van der Waals surface area contributed by atoms with Gasteiger partial charge in [0.15, 0.2) is 0 Å². The van der Waals surface area contributed by atoms with E-state index in [2.05, 4.69) is 85.6 Å². The summed E-state index contributed by atoms with van der Waals surface area (Å²) in [5.74, 6) is 0.864. The van der Waals surface area contributed by atoms with Crippen LogP contribution in [-0.4, -0.2) is 24.2 Å². The second-order valence-electron chi connectivity index (χ2n) is 9.41. The van der Waals surface area contributed by atoms with Crippen LogP contribution in [-0.2, 0) is 5.60 Å². The number of hydrogen-bond acceptors (Lipinski definition) is 3. The molecule has 174 valence electrons. The zero-order valence-corrected chi connectivity index (χ0v) is 20.2. The molecule has 1 aliphatic rings. The van der Waals surface area contributed by atoms with E-state index in [4.69, 9.17) is 4.74 Å². The maximum Gasteiger partial charge on any atom is 0.119 e. The first kappa shape index (κ1) is 23.5. The van der Waals surface area contributed by atoms with Crippen molar-refractivity contribution in [3.8, 4) is 5.75 Å². The Labute approximate surface area is 199 Å². The van der Waals surface area contributed by atoms with Gasteiger partial charge in [0.1, 0.15) is 5.75 Å². The standard InChI is InChI=1S/C30H37NO2/c1-4-5-8-20-27-29(24-16-11-7-12-17-24)31(2)28(23-14-9-6-10-15-23)22-30(27,32)25-18-13-19-26(21-25)33-3/h6-7,9-19,21,27-29,32H,4-5,8,20,22H2,1-3H3. The molecule has 3 heteroatoms. The van der Waals surface area contributed by atoms with Crippen LogP contribution < -0.4 is 4.74 Å². The van der Waals surface area contributed by atoms with Gasteiger partial charge in [-0.25, -0.2) is 0 Å². The highest BCUT2D eigenvalue weighted by Crippen LogP contribution is 2.55. The molecule has 1 fully saturated rings. The molecule has 0 radical (unpaired) electrons. The fourth-order valence-electron chi connectivity index (χ4n) is 5.71. The van der Waals surface area contributed by atoms with E-state index in [1.807, 2.05) is 18.2 Å². The van der Waals surface area contributed by atoms with Gasteiger partial charge in [-0.05, 0) is 42.3 Å². The van der Waals surface area contributed by atoms with Gasteiger partial charge in [-0.1, -0.05) is 99.0 Å². The van der Waals surface area contributed by atoms with Gasteiger partial charge in [-0.3, -0.25) is 4.90 Å². The number of hydrogen-bond donors (Lipinski definition) is 1. The van der Waals surface area contributed by atoms with E-state index in [9.17, 15) is 5.11 Å². The third-order valence-electron chi connectivity index (χ3n) is 7.44. The highest BCUT2D eigenvalue weighted by Gasteiger charge is 2.51. The van der Waals surface area contributed by atoms with Gasteiger partial charge in [-0.15, -0.1) is 0 Å². The Morgan fingerprint density at radius 2 is 1.58 bits per heavy atom. The van der Waals surface area contributed by atoms with Crippen molar-refractivity contribution in [2.75, 3.05) is 14.2 Å².